The van der Waals surface area contributed by atoms with Crippen molar-refractivity contribution in [3.63, 3.8) is 0 Å². The molecule has 0 spiro atoms. The van der Waals surface area contributed by atoms with Crippen LogP contribution in [0.4, 0.5) is 17.1 Å². The molecule has 0 fully saturated rings. The highest BCUT2D eigenvalue weighted by atomic mass is 16.3. The van der Waals surface area contributed by atoms with E-state index in [-0.39, 0.29) is 5.41 Å². The van der Waals surface area contributed by atoms with Crippen LogP contribution in [0.5, 0.6) is 0 Å². The van der Waals surface area contributed by atoms with Gasteiger partial charge in [-0.1, -0.05) is 159 Å². The molecule has 0 unspecified atom stereocenters. The van der Waals surface area contributed by atoms with E-state index in [1.807, 2.05) is 6.07 Å². The predicted molar refractivity (Wildman–Crippen MR) is 232 cm³/mol. The Morgan fingerprint density at radius 1 is 0.400 bits per heavy atom. The molecule has 1 heterocycles. The van der Waals surface area contributed by atoms with E-state index in [0.29, 0.717) is 0 Å². The minimum Gasteiger partial charge on any atom is -0.455 e. The smallest absolute Gasteiger partial charge is 0.143 e. The van der Waals surface area contributed by atoms with Crippen LogP contribution in [-0.2, 0) is 5.41 Å². The molecule has 10 aromatic rings. The lowest BCUT2D eigenvalue weighted by atomic mass is 9.82. The van der Waals surface area contributed by atoms with Gasteiger partial charge in [0.15, 0.2) is 0 Å². The van der Waals surface area contributed by atoms with Crippen molar-refractivity contribution in [3.8, 4) is 33.4 Å². The third-order valence-electron chi connectivity index (χ3n) is 11.9. The fourth-order valence-electron chi connectivity index (χ4n) is 9.21. The molecule has 0 aliphatic heterocycles. The lowest BCUT2D eigenvalue weighted by Crippen LogP contribution is -2.15. The van der Waals surface area contributed by atoms with Crippen LogP contribution in [0.2, 0.25) is 0 Å². The molecule has 0 radical (unpaired) electrons. The zero-order valence-electron chi connectivity index (χ0n) is 30.8. The van der Waals surface area contributed by atoms with Gasteiger partial charge in [0.05, 0.1) is 5.69 Å². The summed E-state index contributed by atoms with van der Waals surface area (Å²) in [5.74, 6) is 0. The van der Waals surface area contributed by atoms with Crippen LogP contribution in [0.25, 0.3) is 76.9 Å². The zero-order chi connectivity index (χ0) is 36.7. The monoisotopic (exact) mass is 703 g/mol. The highest BCUT2D eigenvalue weighted by Gasteiger charge is 2.35. The van der Waals surface area contributed by atoms with Gasteiger partial charge in [0.1, 0.15) is 11.2 Å². The summed E-state index contributed by atoms with van der Waals surface area (Å²) in [6.45, 7) is 4.69. The first-order chi connectivity index (χ1) is 27.0. The van der Waals surface area contributed by atoms with Crippen LogP contribution in [0.15, 0.2) is 192 Å². The van der Waals surface area contributed by atoms with E-state index in [1.165, 1.54) is 55.1 Å². The molecule has 0 atom stereocenters. The number of hydrogen-bond acceptors (Lipinski definition) is 2. The summed E-state index contributed by atoms with van der Waals surface area (Å²) in [5, 5.41) is 7.08. The summed E-state index contributed by atoms with van der Waals surface area (Å²) >= 11 is 0. The third kappa shape index (κ3) is 4.81. The summed E-state index contributed by atoms with van der Waals surface area (Å²) in [6.07, 6.45) is 0. The first kappa shape index (κ1) is 31.6. The zero-order valence-corrected chi connectivity index (χ0v) is 30.8. The van der Waals surface area contributed by atoms with Crippen LogP contribution >= 0.6 is 0 Å². The normalized spacial score (nSPS) is 13.1. The Kier molecular flexibility index (Phi) is 6.93. The van der Waals surface area contributed by atoms with Crippen LogP contribution in [0, 0.1) is 0 Å². The molecule has 1 aromatic heterocycles. The number of hydrogen-bond donors (Lipinski definition) is 0. The van der Waals surface area contributed by atoms with Gasteiger partial charge in [-0.05, 0) is 97.6 Å². The molecule has 11 rings (SSSR count). The van der Waals surface area contributed by atoms with Gasteiger partial charge in [-0.2, -0.15) is 0 Å². The molecule has 0 N–H and O–H groups in total. The molecule has 0 saturated heterocycles. The summed E-state index contributed by atoms with van der Waals surface area (Å²) in [7, 11) is 0. The number of nitrogens with zero attached hydrogens (tertiary/aromatic N) is 1. The molecule has 2 heteroatoms. The average molecular weight is 704 g/mol. The standard InChI is InChI=1S/C53H37NO/c1-53(2)48-22-8-5-16-42(48)47-33-37(29-32-49(47)53)54(50-23-9-6-17-43(50)40-20-11-14-34-13-3-4-15-38(34)40)36-27-25-35(26-28-36)39-19-12-21-45-41(39)30-31-46-44-18-7-10-24-51(44)55-52(45)46/h3-33H,1-2H3. The molecular weight excluding hydrogens is 667 g/mol. The van der Waals surface area contributed by atoms with Gasteiger partial charge >= 0.3 is 0 Å². The Labute approximate surface area is 320 Å². The van der Waals surface area contributed by atoms with Crippen molar-refractivity contribution in [1.82, 2.24) is 0 Å². The maximum absolute atomic E-state index is 6.44. The molecule has 0 saturated carbocycles. The van der Waals surface area contributed by atoms with Gasteiger partial charge in [0.25, 0.3) is 0 Å². The number of fused-ring (bicyclic) bond motifs is 9. The second kappa shape index (κ2) is 12.1. The summed E-state index contributed by atoms with van der Waals surface area (Å²) in [6, 6.07) is 68.5. The summed E-state index contributed by atoms with van der Waals surface area (Å²) < 4.78 is 6.44. The van der Waals surface area contributed by atoms with Gasteiger partial charge in [-0.15, -0.1) is 0 Å². The first-order valence-electron chi connectivity index (χ1n) is 19.1. The maximum atomic E-state index is 6.44. The van der Waals surface area contributed by atoms with E-state index >= 15 is 0 Å². The second-order valence-electron chi connectivity index (χ2n) is 15.3. The fraction of sp³-hybridized carbons (Fsp3) is 0.0566. The first-order valence-corrected chi connectivity index (χ1v) is 19.1. The minimum absolute atomic E-state index is 0.0653. The molecular formula is C53H37NO. The number of rotatable bonds is 5. The molecule has 0 amide bonds. The number of anilines is 3. The van der Waals surface area contributed by atoms with E-state index in [9.17, 15) is 0 Å². The van der Waals surface area contributed by atoms with E-state index in [1.54, 1.807) is 0 Å². The highest BCUT2D eigenvalue weighted by molar-refractivity contribution is 6.17. The molecule has 1 aliphatic carbocycles. The largest absolute Gasteiger partial charge is 0.455 e. The molecule has 55 heavy (non-hydrogen) atoms. The van der Waals surface area contributed by atoms with E-state index in [4.69, 9.17) is 4.42 Å². The van der Waals surface area contributed by atoms with E-state index < -0.39 is 0 Å². The third-order valence-corrected chi connectivity index (χ3v) is 11.9. The van der Waals surface area contributed by atoms with Crippen molar-refractivity contribution < 1.29 is 4.42 Å². The molecule has 1 aliphatic rings. The lowest BCUT2D eigenvalue weighted by Gasteiger charge is -2.29. The topological polar surface area (TPSA) is 16.4 Å². The maximum Gasteiger partial charge on any atom is 0.143 e. The summed E-state index contributed by atoms with van der Waals surface area (Å²) in [4.78, 5) is 2.44. The number of benzene rings is 9. The van der Waals surface area contributed by atoms with Gasteiger partial charge in [-0.25, -0.2) is 0 Å². The molecule has 0 bridgehead atoms. The summed E-state index contributed by atoms with van der Waals surface area (Å²) in [5.41, 5.74) is 15.3. The van der Waals surface area contributed by atoms with Gasteiger partial charge in [0.2, 0.25) is 0 Å². The quantitative estimate of drug-likeness (QED) is 0.177. The second-order valence-corrected chi connectivity index (χ2v) is 15.3. The van der Waals surface area contributed by atoms with Gasteiger partial charge in [0, 0.05) is 38.5 Å². The van der Waals surface area contributed by atoms with Crippen LogP contribution in [0.3, 0.4) is 0 Å². The van der Waals surface area contributed by atoms with Crippen LogP contribution in [-0.4, -0.2) is 0 Å². The van der Waals surface area contributed by atoms with Crippen molar-refractivity contribution in [2.24, 2.45) is 0 Å². The van der Waals surface area contributed by atoms with Crippen molar-refractivity contribution in [1.29, 1.82) is 0 Å². The number of para-hydroxylation sites is 2. The Morgan fingerprint density at radius 2 is 1.00 bits per heavy atom. The van der Waals surface area contributed by atoms with Gasteiger partial charge < -0.3 is 9.32 Å². The predicted octanol–water partition coefficient (Wildman–Crippen LogP) is 15.0. The molecule has 9 aromatic carbocycles. The van der Waals surface area contributed by atoms with E-state index in [0.717, 1.165) is 50.0 Å². The molecule has 2 nitrogen and oxygen atoms in total. The van der Waals surface area contributed by atoms with Crippen molar-refractivity contribution in [3.05, 3.63) is 199 Å². The highest BCUT2D eigenvalue weighted by Crippen LogP contribution is 2.51. The SMILES string of the molecule is CC1(C)c2ccccc2-c2cc(N(c3ccc(-c4cccc5c4ccc4c6ccccc6oc54)cc3)c3ccccc3-c3cccc4ccccc34)ccc21. The minimum atomic E-state index is -0.0653. The average Bonchev–Trinajstić information content (AvgIpc) is 3.73. The number of furan rings is 1. The Hall–Kier alpha value is -6.90. The fourth-order valence-corrected chi connectivity index (χ4v) is 9.21. The van der Waals surface area contributed by atoms with Crippen molar-refractivity contribution >= 4 is 60.5 Å². The van der Waals surface area contributed by atoms with Crippen LogP contribution in [0.1, 0.15) is 25.0 Å². The molecule has 260 valence electrons. The Balaban J connectivity index is 1.09. The Morgan fingerprint density at radius 3 is 1.89 bits per heavy atom. The van der Waals surface area contributed by atoms with Crippen molar-refractivity contribution in [2.45, 2.75) is 19.3 Å². The van der Waals surface area contributed by atoms with Crippen LogP contribution < -0.4 is 4.90 Å². The lowest BCUT2D eigenvalue weighted by molar-refractivity contribution is 0.660. The van der Waals surface area contributed by atoms with Gasteiger partial charge in [-0.3, -0.25) is 0 Å². The Bertz CT molecular complexity index is 3120. The van der Waals surface area contributed by atoms with Crippen molar-refractivity contribution in [2.75, 3.05) is 4.90 Å². The van der Waals surface area contributed by atoms with E-state index in [2.05, 4.69) is 201 Å².